The lowest BCUT2D eigenvalue weighted by molar-refractivity contribution is -0.111. The lowest BCUT2D eigenvalue weighted by Gasteiger charge is -2.15. The summed E-state index contributed by atoms with van der Waals surface area (Å²) >= 11 is 0. The molecule has 2 amide bonds. The molecule has 2 aromatic rings. The predicted octanol–water partition coefficient (Wildman–Crippen LogP) is 3.09. The highest BCUT2D eigenvalue weighted by Gasteiger charge is 2.20. The number of ether oxygens (including phenoxy) is 3. The summed E-state index contributed by atoms with van der Waals surface area (Å²) in [4.78, 5) is 35.9. The molecule has 2 aromatic carbocycles. The van der Waals surface area contributed by atoms with Gasteiger partial charge in [0.25, 0.3) is 5.91 Å². The highest BCUT2D eigenvalue weighted by molar-refractivity contribution is 6.07. The Morgan fingerprint density at radius 3 is 2.26 bits per heavy atom. The maximum absolute atomic E-state index is 12.7. The number of amides is 2. The molecule has 0 fully saturated rings. The molecule has 8 nitrogen and oxygen atoms in total. The van der Waals surface area contributed by atoms with Crippen LogP contribution in [0.2, 0.25) is 0 Å². The second-order valence-electron chi connectivity index (χ2n) is 5.94. The SMILES string of the molecule is CNC(=O)c1ccc(/C=C/C(=O)Nc2cc(OC(F)F)c(OC)cc2C(=O)OC)cc1. The van der Waals surface area contributed by atoms with Gasteiger partial charge >= 0.3 is 12.6 Å². The molecule has 164 valence electrons. The minimum Gasteiger partial charge on any atom is -0.493 e. The number of esters is 1. The molecule has 0 radical (unpaired) electrons. The average molecular weight is 434 g/mol. The van der Waals surface area contributed by atoms with Crippen LogP contribution in [-0.2, 0) is 9.53 Å². The summed E-state index contributed by atoms with van der Waals surface area (Å²) in [5.41, 5.74) is 0.870. The van der Waals surface area contributed by atoms with Crippen LogP contribution in [0.4, 0.5) is 14.5 Å². The van der Waals surface area contributed by atoms with Crippen molar-refractivity contribution in [1.29, 1.82) is 0 Å². The third-order valence-electron chi connectivity index (χ3n) is 4.01. The molecule has 31 heavy (non-hydrogen) atoms. The summed E-state index contributed by atoms with van der Waals surface area (Å²) < 4.78 is 39.4. The van der Waals surface area contributed by atoms with Gasteiger partial charge in [-0.25, -0.2) is 4.79 Å². The van der Waals surface area contributed by atoms with Gasteiger partial charge < -0.3 is 24.8 Å². The largest absolute Gasteiger partial charge is 0.493 e. The zero-order chi connectivity index (χ0) is 23.0. The summed E-state index contributed by atoms with van der Waals surface area (Å²) in [6, 6.07) is 8.61. The number of carbonyl (C=O) groups excluding carboxylic acids is 3. The molecule has 0 unspecified atom stereocenters. The van der Waals surface area contributed by atoms with E-state index >= 15 is 0 Å². The molecule has 0 bridgehead atoms. The van der Waals surface area contributed by atoms with Crippen molar-refractivity contribution in [3.8, 4) is 11.5 Å². The maximum Gasteiger partial charge on any atom is 0.387 e. The number of nitrogens with one attached hydrogen (secondary N) is 2. The standard InChI is InChI=1S/C21H20F2N2O6/c1-24-19(27)13-7-4-12(5-8-13)6-9-18(26)25-15-11-17(31-21(22)23)16(29-2)10-14(15)20(28)30-3/h4-11,21H,1-3H3,(H,24,27)(H,25,26)/b9-6+. The first-order chi connectivity index (χ1) is 14.8. The van der Waals surface area contributed by atoms with Gasteiger partial charge in [0.1, 0.15) is 0 Å². The van der Waals surface area contributed by atoms with Crippen LogP contribution in [0.1, 0.15) is 26.3 Å². The third kappa shape index (κ3) is 6.26. The van der Waals surface area contributed by atoms with E-state index in [0.717, 1.165) is 19.2 Å². The van der Waals surface area contributed by atoms with E-state index in [4.69, 9.17) is 4.74 Å². The molecule has 0 aliphatic rings. The number of alkyl halides is 2. The van der Waals surface area contributed by atoms with Crippen molar-refractivity contribution in [3.05, 3.63) is 59.2 Å². The summed E-state index contributed by atoms with van der Waals surface area (Å²) in [5, 5.41) is 4.93. The maximum atomic E-state index is 12.7. The zero-order valence-corrected chi connectivity index (χ0v) is 16.9. The Morgan fingerprint density at radius 1 is 1.03 bits per heavy atom. The normalized spacial score (nSPS) is 10.6. The first-order valence-corrected chi connectivity index (χ1v) is 8.85. The van der Waals surface area contributed by atoms with Crippen molar-refractivity contribution in [1.82, 2.24) is 5.32 Å². The predicted molar refractivity (Wildman–Crippen MR) is 108 cm³/mol. The van der Waals surface area contributed by atoms with Crippen molar-refractivity contribution in [2.24, 2.45) is 0 Å². The molecule has 10 heteroatoms. The summed E-state index contributed by atoms with van der Waals surface area (Å²) in [7, 11) is 3.86. The van der Waals surface area contributed by atoms with Crippen molar-refractivity contribution in [2.75, 3.05) is 26.6 Å². The van der Waals surface area contributed by atoms with E-state index in [-0.39, 0.29) is 28.7 Å². The molecule has 2 N–H and O–H groups in total. The molecule has 0 atom stereocenters. The van der Waals surface area contributed by atoms with E-state index in [1.807, 2.05) is 0 Å². The fourth-order valence-corrected chi connectivity index (χ4v) is 2.53. The average Bonchev–Trinajstić information content (AvgIpc) is 2.76. The van der Waals surface area contributed by atoms with E-state index in [0.29, 0.717) is 11.1 Å². The number of halogens is 2. The lowest BCUT2D eigenvalue weighted by atomic mass is 10.1. The topological polar surface area (TPSA) is 103 Å². The number of hydrogen-bond donors (Lipinski definition) is 2. The number of methoxy groups -OCH3 is 2. The number of carbonyl (C=O) groups is 3. The molecule has 0 aliphatic heterocycles. The summed E-state index contributed by atoms with van der Waals surface area (Å²) in [6.07, 6.45) is 2.65. The van der Waals surface area contributed by atoms with Crippen LogP contribution in [0.3, 0.4) is 0 Å². The van der Waals surface area contributed by atoms with E-state index in [2.05, 4.69) is 20.1 Å². The van der Waals surface area contributed by atoms with Crippen molar-refractivity contribution in [2.45, 2.75) is 6.61 Å². The van der Waals surface area contributed by atoms with Gasteiger partial charge in [0.05, 0.1) is 25.5 Å². The molecule has 0 saturated heterocycles. The van der Waals surface area contributed by atoms with Gasteiger partial charge in [-0.3, -0.25) is 9.59 Å². The molecular formula is C21H20F2N2O6. The van der Waals surface area contributed by atoms with Crippen LogP contribution in [0.15, 0.2) is 42.5 Å². The summed E-state index contributed by atoms with van der Waals surface area (Å²) in [6.45, 7) is -3.14. The Bertz CT molecular complexity index is 990. The van der Waals surface area contributed by atoms with Crippen LogP contribution in [0, 0.1) is 0 Å². The van der Waals surface area contributed by atoms with Gasteiger partial charge in [0.15, 0.2) is 11.5 Å². The molecule has 0 aliphatic carbocycles. The zero-order valence-electron chi connectivity index (χ0n) is 16.9. The van der Waals surface area contributed by atoms with Gasteiger partial charge in [0.2, 0.25) is 5.91 Å². The number of rotatable bonds is 8. The Balaban J connectivity index is 2.26. The Kier molecular flexibility index (Phi) is 8.07. The fraction of sp³-hybridized carbons (Fsp3) is 0.190. The highest BCUT2D eigenvalue weighted by Crippen LogP contribution is 2.35. The Hall–Kier alpha value is -3.95. The van der Waals surface area contributed by atoms with Crippen molar-refractivity contribution >= 4 is 29.5 Å². The molecule has 0 aromatic heterocycles. The molecule has 0 spiro atoms. The van der Waals surface area contributed by atoms with E-state index in [1.54, 1.807) is 24.3 Å². The minimum absolute atomic E-state index is 0.104. The lowest BCUT2D eigenvalue weighted by Crippen LogP contribution is -2.17. The van der Waals surface area contributed by atoms with Crippen molar-refractivity contribution in [3.63, 3.8) is 0 Å². The second kappa shape index (κ2) is 10.7. The van der Waals surface area contributed by atoms with Gasteiger partial charge in [-0.1, -0.05) is 12.1 Å². The van der Waals surface area contributed by atoms with E-state index < -0.39 is 18.5 Å². The molecule has 0 saturated carbocycles. The van der Waals surface area contributed by atoms with Gasteiger partial charge in [-0.2, -0.15) is 8.78 Å². The number of benzene rings is 2. The second-order valence-corrected chi connectivity index (χ2v) is 5.94. The quantitative estimate of drug-likeness (QED) is 0.489. The molecule has 0 heterocycles. The third-order valence-corrected chi connectivity index (χ3v) is 4.01. The number of anilines is 1. The van der Waals surface area contributed by atoms with Crippen LogP contribution >= 0.6 is 0 Å². The Morgan fingerprint density at radius 2 is 1.71 bits per heavy atom. The van der Waals surface area contributed by atoms with Crippen molar-refractivity contribution < 1.29 is 37.4 Å². The smallest absolute Gasteiger partial charge is 0.387 e. The molecule has 2 rings (SSSR count). The summed E-state index contributed by atoms with van der Waals surface area (Å²) in [5.74, 6) is -2.20. The van der Waals surface area contributed by atoms with Crippen LogP contribution in [-0.4, -0.2) is 45.7 Å². The van der Waals surface area contributed by atoms with Gasteiger partial charge in [-0.15, -0.1) is 0 Å². The first kappa shape index (κ1) is 23.3. The number of hydrogen-bond acceptors (Lipinski definition) is 6. The molecular weight excluding hydrogens is 414 g/mol. The highest BCUT2D eigenvalue weighted by atomic mass is 19.3. The van der Waals surface area contributed by atoms with E-state index in [1.165, 1.54) is 26.3 Å². The first-order valence-electron chi connectivity index (χ1n) is 8.85. The monoisotopic (exact) mass is 434 g/mol. The van der Waals surface area contributed by atoms with Crippen LogP contribution in [0.25, 0.3) is 6.08 Å². The van der Waals surface area contributed by atoms with E-state index in [9.17, 15) is 23.2 Å². The van der Waals surface area contributed by atoms with Gasteiger partial charge in [-0.05, 0) is 23.8 Å². The minimum atomic E-state index is -3.14. The van der Waals surface area contributed by atoms with Crippen LogP contribution < -0.4 is 20.1 Å². The van der Waals surface area contributed by atoms with Crippen LogP contribution in [0.5, 0.6) is 11.5 Å². The Labute approximate surface area is 176 Å². The fourth-order valence-electron chi connectivity index (χ4n) is 2.53. The van der Waals surface area contributed by atoms with Gasteiger partial charge in [0, 0.05) is 30.8 Å².